The molecule has 2 N–H and O–H groups in total. The second-order valence-electron chi connectivity index (χ2n) is 5.55. The summed E-state index contributed by atoms with van der Waals surface area (Å²) in [5.74, 6) is 0. The highest BCUT2D eigenvalue weighted by atomic mass is 16.5. The Labute approximate surface area is 106 Å². The number of unbranched alkanes of at least 4 members (excludes halogenated alkanes) is 3. The Kier molecular flexibility index (Phi) is 7.09. The van der Waals surface area contributed by atoms with E-state index in [4.69, 9.17) is 4.74 Å². The van der Waals surface area contributed by atoms with Gasteiger partial charge in [0.2, 0.25) is 0 Å². The molecule has 0 spiro atoms. The summed E-state index contributed by atoms with van der Waals surface area (Å²) < 4.78 is 5.59. The van der Waals surface area contributed by atoms with Gasteiger partial charge >= 0.3 is 0 Å². The Hall–Kier alpha value is -0.120. The van der Waals surface area contributed by atoms with E-state index < -0.39 is 0 Å². The van der Waals surface area contributed by atoms with Crippen molar-refractivity contribution in [2.45, 2.75) is 70.4 Å². The van der Waals surface area contributed by atoms with Gasteiger partial charge in [-0.25, -0.2) is 0 Å². The first-order valence-electron chi connectivity index (χ1n) is 7.17. The molecule has 1 fully saturated rings. The Morgan fingerprint density at radius 1 is 1.35 bits per heavy atom. The number of aliphatic hydroxyl groups excluding tert-OH is 1. The molecule has 0 aromatic heterocycles. The SMILES string of the molecule is CCCCCCC(C)(CO)NCC1CCCO1. The van der Waals surface area contributed by atoms with Crippen molar-refractivity contribution in [2.24, 2.45) is 0 Å². The van der Waals surface area contributed by atoms with Crippen molar-refractivity contribution in [2.75, 3.05) is 19.8 Å². The number of ether oxygens (including phenoxy) is 1. The van der Waals surface area contributed by atoms with Crippen molar-refractivity contribution >= 4 is 0 Å². The summed E-state index contributed by atoms with van der Waals surface area (Å²) in [5.41, 5.74) is -0.125. The lowest BCUT2D eigenvalue weighted by Gasteiger charge is -2.30. The van der Waals surface area contributed by atoms with Gasteiger partial charge in [0.05, 0.1) is 12.7 Å². The third-order valence-electron chi connectivity index (χ3n) is 3.71. The molecule has 0 amide bonds. The molecule has 102 valence electrons. The Balaban J connectivity index is 2.18. The monoisotopic (exact) mass is 243 g/mol. The molecule has 2 unspecified atom stereocenters. The van der Waals surface area contributed by atoms with Crippen LogP contribution in [0.4, 0.5) is 0 Å². The summed E-state index contributed by atoms with van der Waals surface area (Å²) in [6.45, 7) is 6.34. The molecule has 1 aliphatic heterocycles. The molecule has 0 aromatic rings. The molecule has 0 saturated carbocycles. The van der Waals surface area contributed by atoms with Crippen LogP contribution in [0.2, 0.25) is 0 Å². The minimum Gasteiger partial charge on any atom is -0.394 e. The summed E-state index contributed by atoms with van der Waals surface area (Å²) >= 11 is 0. The van der Waals surface area contributed by atoms with E-state index in [0.29, 0.717) is 6.10 Å². The average Bonchev–Trinajstić information content (AvgIpc) is 2.85. The fraction of sp³-hybridized carbons (Fsp3) is 1.00. The number of aliphatic hydroxyl groups is 1. The second-order valence-corrected chi connectivity index (χ2v) is 5.55. The molecule has 1 aliphatic rings. The van der Waals surface area contributed by atoms with Crippen LogP contribution in [0.25, 0.3) is 0 Å². The van der Waals surface area contributed by atoms with Crippen molar-refractivity contribution in [1.82, 2.24) is 5.32 Å². The molecule has 0 aromatic carbocycles. The van der Waals surface area contributed by atoms with E-state index in [-0.39, 0.29) is 12.1 Å². The first-order valence-corrected chi connectivity index (χ1v) is 7.17. The molecule has 3 nitrogen and oxygen atoms in total. The van der Waals surface area contributed by atoms with Gasteiger partial charge in [0.1, 0.15) is 0 Å². The normalized spacial score (nSPS) is 23.8. The maximum Gasteiger partial charge on any atom is 0.0700 e. The lowest BCUT2D eigenvalue weighted by Crippen LogP contribution is -2.48. The lowest BCUT2D eigenvalue weighted by atomic mass is 9.94. The Morgan fingerprint density at radius 3 is 2.76 bits per heavy atom. The quantitative estimate of drug-likeness (QED) is 0.611. The van der Waals surface area contributed by atoms with Gasteiger partial charge < -0.3 is 15.2 Å². The smallest absolute Gasteiger partial charge is 0.0700 e. The summed E-state index contributed by atoms with van der Waals surface area (Å²) in [5, 5.41) is 13.0. The Bertz CT molecular complexity index is 193. The minimum atomic E-state index is -0.125. The van der Waals surface area contributed by atoms with Gasteiger partial charge in [-0.2, -0.15) is 0 Å². The van der Waals surface area contributed by atoms with E-state index in [0.717, 1.165) is 26.0 Å². The first kappa shape index (κ1) is 14.9. The van der Waals surface area contributed by atoms with Crippen LogP contribution in [0.5, 0.6) is 0 Å². The van der Waals surface area contributed by atoms with Crippen molar-refractivity contribution in [3.8, 4) is 0 Å². The highest BCUT2D eigenvalue weighted by Crippen LogP contribution is 2.17. The molecule has 0 aliphatic carbocycles. The van der Waals surface area contributed by atoms with Gasteiger partial charge in [0.15, 0.2) is 0 Å². The van der Waals surface area contributed by atoms with Crippen LogP contribution >= 0.6 is 0 Å². The maximum absolute atomic E-state index is 9.51. The molecule has 1 heterocycles. The third kappa shape index (κ3) is 5.84. The molecule has 0 bridgehead atoms. The minimum absolute atomic E-state index is 0.125. The van der Waals surface area contributed by atoms with Gasteiger partial charge in [0.25, 0.3) is 0 Å². The van der Waals surface area contributed by atoms with Gasteiger partial charge in [-0.1, -0.05) is 32.6 Å². The molecular formula is C14H29NO2. The fourth-order valence-electron chi connectivity index (χ4n) is 2.33. The van der Waals surface area contributed by atoms with Gasteiger partial charge in [0, 0.05) is 18.7 Å². The highest BCUT2D eigenvalue weighted by molar-refractivity contribution is 4.84. The Morgan fingerprint density at radius 2 is 2.18 bits per heavy atom. The fourth-order valence-corrected chi connectivity index (χ4v) is 2.33. The number of hydrogen-bond donors (Lipinski definition) is 2. The second kappa shape index (κ2) is 8.06. The van der Waals surface area contributed by atoms with E-state index >= 15 is 0 Å². The zero-order valence-corrected chi connectivity index (χ0v) is 11.5. The van der Waals surface area contributed by atoms with Crippen LogP contribution in [0.3, 0.4) is 0 Å². The topological polar surface area (TPSA) is 41.5 Å². The van der Waals surface area contributed by atoms with E-state index in [1.165, 1.54) is 32.1 Å². The van der Waals surface area contributed by atoms with Crippen LogP contribution in [0.1, 0.15) is 58.8 Å². The van der Waals surface area contributed by atoms with Gasteiger partial charge in [-0.15, -0.1) is 0 Å². The first-order chi connectivity index (χ1) is 8.20. The van der Waals surface area contributed by atoms with Crippen LogP contribution in [-0.2, 0) is 4.74 Å². The molecule has 0 radical (unpaired) electrons. The summed E-state index contributed by atoms with van der Waals surface area (Å²) in [6.07, 6.45) is 8.78. The predicted octanol–water partition coefficient (Wildman–Crippen LogP) is 2.48. The molecule has 1 rings (SSSR count). The predicted molar refractivity (Wildman–Crippen MR) is 71.2 cm³/mol. The highest BCUT2D eigenvalue weighted by Gasteiger charge is 2.24. The van der Waals surface area contributed by atoms with Crippen LogP contribution in [-0.4, -0.2) is 36.5 Å². The van der Waals surface area contributed by atoms with Crippen molar-refractivity contribution in [3.63, 3.8) is 0 Å². The number of nitrogens with one attached hydrogen (secondary N) is 1. The largest absolute Gasteiger partial charge is 0.394 e. The molecule has 1 saturated heterocycles. The van der Waals surface area contributed by atoms with Gasteiger partial charge in [-0.3, -0.25) is 0 Å². The molecule has 3 heteroatoms. The zero-order valence-electron chi connectivity index (χ0n) is 11.5. The number of rotatable bonds is 9. The summed E-state index contributed by atoms with van der Waals surface area (Å²) in [4.78, 5) is 0. The summed E-state index contributed by atoms with van der Waals surface area (Å²) in [7, 11) is 0. The van der Waals surface area contributed by atoms with Crippen molar-refractivity contribution in [1.29, 1.82) is 0 Å². The van der Waals surface area contributed by atoms with Gasteiger partial charge in [-0.05, 0) is 26.2 Å². The van der Waals surface area contributed by atoms with E-state index in [1.807, 2.05) is 0 Å². The van der Waals surface area contributed by atoms with Crippen molar-refractivity contribution in [3.05, 3.63) is 0 Å². The maximum atomic E-state index is 9.51. The molecule has 2 atom stereocenters. The van der Waals surface area contributed by atoms with Crippen LogP contribution in [0.15, 0.2) is 0 Å². The lowest BCUT2D eigenvalue weighted by molar-refractivity contribution is 0.0887. The van der Waals surface area contributed by atoms with Crippen molar-refractivity contribution < 1.29 is 9.84 Å². The summed E-state index contributed by atoms with van der Waals surface area (Å²) in [6, 6.07) is 0. The number of hydrogen-bond acceptors (Lipinski definition) is 3. The van der Waals surface area contributed by atoms with E-state index in [1.54, 1.807) is 0 Å². The molecule has 17 heavy (non-hydrogen) atoms. The average molecular weight is 243 g/mol. The van der Waals surface area contributed by atoms with E-state index in [9.17, 15) is 5.11 Å². The zero-order chi connectivity index (χ0) is 12.6. The van der Waals surface area contributed by atoms with Crippen LogP contribution < -0.4 is 5.32 Å². The van der Waals surface area contributed by atoms with Crippen LogP contribution in [0, 0.1) is 0 Å². The standard InChI is InChI=1S/C14H29NO2/c1-3-4-5-6-9-14(2,12-16)15-11-13-8-7-10-17-13/h13,15-16H,3-12H2,1-2H3. The third-order valence-corrected chi connectivity index (χ3v) is 3.71. The van der Waals surface area contributed by atoms with E-state index in [2.05, 4.69) is 19.2 Å². The molecular weight excluding hydrogens is 214 g/mol.